The molecule has 0 saturated heterocycles. The van der Waals surface area contributed by atoms with Crippen molar-refractivity contribution in [2.24, 2.45) is 11.7 Å². The van der Waals surface area contributed by atoms with Gasteiger partial charge in [-0.25, -0.2) is 0 Å². The lowest BCUT2D eigenvalue weighted by molar-refractivity contribution is 0.0911. The van der Waals surface area contributed by atoms with Gasteiger partial charge in [0.2, 0.25) is 0 Å². The highest BCUT2D eigenvalue weighted by atomic mass is 35.5. The Labute approximate surface area is 66.6 Å². The number of hydrogen-bond donors (Lipinski definition) is 3. The van der Waals surface area contributed by atoms with Gasteiger partial charge in [0.1, 0.15) is 0 Å². The van der Waals surface area contributed by atoms with Gasteiger partial charge >= 0.3 is 0 Å². The Balaban J connectivity index is 0.000000810. The largest absolute Gasteiger partial charge is 0.395 e. The van der Waals surface area contributed by atoms with Crippen LogP contribution in [0.25, 0.3) is 0 Å². The molecule has 10 heavy (non-hydrogen) atoms. The lowest BCUT2D eigenvalue weighted by atomic mass is 10.1. The van der Waals surface area contributed by atoms with Gasteiger partial charge in [0.15, 0.2) is 0 Å². The zero-order valence-corrected chi connectivity index (χ0v) is 6.55. The van der Waals surface area contributed by atoms with Crippen LogP contribution in [0.2, 0.25) is 0 Å². The van der Waals surface area contributed by atoms with E-state index in [4.69, 9.17) is 10.8 Å². The molecule has 0 bridgehead atoms. The number of hydrogen-bond acceptors (Lipinski definition) is 3. The average Bonchev–Trinajstić information content (AvgIpc) is 2.66. The molecule has 1 aliphatic carbocycles. The molecule has 0 heterocycles. The molecule has 2 atom stereocenters. The topological polar surface area (TPSA) is 66.5 Å². The summed E-state index contributed by atoms with van der Waals surface area (Å²) in [5.74, 6) is 0.368. The Bertz CT molecular complexity index is 97.7. The SMILES string of the molecule is Cl.N[C@@H](CO)C(O)C1CC1. The van der Waals surface area contributed by atoms with E-state index in [-0.39, 0.29) is 19.0 Å². The van der Waals surface area contributed by atoms with Gasteiger partial charge in [-0.3, -0.25) is 0 Å². The van der Waals surface area contributed by atoms with E-state index in [9.17, 15) is 5.11 Å². The third-order valence-corrected chi connectivity index (χ3v) is 1.75. The Morgan fingerprint density at radius 2 is 2.00 bits per heavy atom. The molecule has 1 saturated carbocycles. The molecular weight excluding hydrogens is 154 g/mol. The van der Waals surface area contributed by atoms with Crippen LogP contribution in [0.3, 0.4) is 0 Å². The second kappa shape index (κ2) is 4.13. The molecule has 0 aromatic heterocycles. The predicted molar refractivity (Wildman–Crippen MR) is 41.0 cm³/mol. The van der Waals surface area contributed by atoms with Crippen LogP contribution in [0.4, 0.5) is 0 Å². The van der Waals surface area contributed by atoms with Gasteiger partial charge in [-0.15, -0.1) is 12.4 Å². The van der Waals surface area contributed by atoms with Crippen LogP contribution in [0.1, 0.15) is 12.8 Å². The standard InChI is InChI=1S/C6H13NO2.ClH/c7-5(3-8)6(9)4-1-2-4;/h4-6,8-9H,1-3,7H2;1H/t5-,6?;/m0./s1. The zero-order chi connectivity index (χ0) is 6.85. The molecule has 1 fully saturated rings. The quantitative estimate of drug-likeness (QED) is 0.531. The molecule has 0 radical (unpaired) electrons. The van der Waals surface area contributed by atoms with Crippen LogP contribution in [-0.4, -0.2) is 29.0 Å². The van der Waals surface area contributed by atoms with Crippen molar-refractivity contribution in [2.75, 3.05) is 6.61 Å². The van der Waals surface area contributed by atoms with Crippen LogP contribution < -0.4 is 5.73 Å². The first kappa shape index (κ1) is 10.2. The van der Waals surface area contributed by atoms with Crippen molar-refractivity contribution in [1.29, 1.82) is 0 Å². The summed E-state index contributed by atoms with van der Waals surface area (Å²) in [6.07, 6.45) is 1.65. The average molecular weight is 168 g/mol. The highest BCUT2D eigenvalue weighted by Crippen LogP contribution is 2.33. The second-order valence-corrected chi connectivity index (χ2v) is 2.67. The maximum atomic E-state index is 9.17. The third-order valence-electron chi connectivity index (χ3n) is 1.75. The molecule has 0 amide bonds. The van der Waals surface area contributed by atoms with E-state index < -0.39 is 12.1 Å². The van der Waals surface area contributed by atoms with Crippen molar-refractivity contribution < 1.29 is 10.2 Å². The monoisotopic (exact) mass is 167 g/mol. The first-order chi connectivity index (χ1) is 4.25. The van der Waals surface area contributed by atoms with E-state index in [1.54, 1.807) is 0 Å². The Morgan fingerprint density at radius 3 is 2.30 bits per heavy atom. The second-order valence-electron chi connectivity index (χ2n) is 2.67. The summed E-state index contributed by atoms with van der Waals surface area (Å²) in [6, 6.07) is -0.433. The van der Waals surface area contributed by atoms with Crippen molar-refractivity contribution in [3.8, 4) is 0 Å². The molecule has 4 heteroatoms. The third kappa shape index (κ3) is 2.42. The van der Waals surface area contributed by atoms with Crippen LogP contribution in [0.5, 0.6) is 0 Å². The maximum Gasteiger partial charge on any atom is 0.0741 e. The van der Waals surface area contributed by atoms with Crippen LogP contribution in [0, 0.1) is 5.92 Å². The van der Waals surface area contributed by atoms with E-state index in [0.717, 1.165) is 12.8 Å². The molecule has 4 N–H and O–H groups in total. The molecule has 1 unspecified atom stereocenters. The van der Waals surface area contributed by atoms with E-state index >= 15 is 0 Å². The van der Waals surface area contributed by atoms with Crippen molar-refractivity contribution in [3.63, 3.8) is 0 Å². The van der Waals surface area contributed by atoms with E-state index in [1.807, 2.05) is 0 Å². The first-order valence-electron chi connectivity index (χ1n) is 3.30. The minimum atomic E-state index is -0.477. The molecule has 1 rings (SSSR count). The van der Waals surface area contributed by atoms with Gasteiger partial charge in [0, 0.05) is 0 Å². The fourth-order valence-corrected chi connectivity index (χ4v) is 0.895. The Morgan fingerprint density at radius 1 is 1.50 bits per heavy atom. The van der Waals surface area contributed by atoms with Crippen molar-refractivity contribution in [1.82, 2.24) is 0 Å². The number of halogens is 1. The van der Waals surface area contributed by atoms with Crippen molar-refractivity contribution in [3.05, 3.63) is 0 Å². The van der Waals surface area contributed by atoms with Gasteiger partial charge in [-0.2, -0.15) is 0 Å². The Kier molecular flexibility index (Phi) is 4.20. The summed E-state index contributed by atoms with van der Waals surface area (Å²) >= 11 is 0. The van der Waals surface area contributed by atoms with E-state index in [0.29, 0.717) is 5.92 Å². The first-order valence-corrected chi connectivity index (χ1v) is 3.30. The zero-order valence-electron chi connectivity index (χ0n) is 5.73. The summed E-state index contributed by atoms with van der Waals surface area (Å²) in [6.45, 7) is -0.113. The lowest BCUT2D eigenvalue weighted by Crippen LogP contribution is -2.39. The minimum absolute atomic E-state index is 0. The smallest absolute Gasteiger partial charge is 0.0741 e. The van der Waals surface area contributed by atoms with Crippen LogP contribution in [0.15, 0.2) is 0 Å². The number of aliphatic hydroxyl groups is 2. The molecule has 0 spiro atoms. The number of aliphatic hydroxyl groups excluding tert-OH is 2. The van der Waals surface area contributed by atoms with Gasteiger partial charge in [0.05, 0.1) is 18.8 Å². The lowest BCUT2D eigenvalue weighted by Gasteiger charge is -2.14. The molecule has 0 aromatic rings. The highest BCUT2D eigenvalue weighted by molar-refractivity contribution is 5.85. The summed E-state index contributed by atoms with van der Waals surface area (Å²) < 4.78 is 0. The van der Waals surface area contributed by atoms with Gasteiger partial charge in [-0.1, -0.05) is 0 Å². The molecule has 0 aromatic carbocycles. The molecule has 62 valence electrons. The summed E-state index contributed by atoms with van der Waals surface area (Å²) in [5.41, 5.74) is 5.36. The molecule has 1 aliphatic rings. The highest BCUT2D eigenvalue weighted by Gasteiger charge is 2.33. The number of rotatable bonds is 3. The molecule has 0 aliphatic heterocycles. The normalized spacial score (nSPS) is 23.1. The molecule has 3 nitrogen and oxygen atoms in total. The maximum absolute atomic E-state index is 9.17. The fourth-order valence-electron chi connectivity index (χ4n) is 0.895. The van der Waals surface area contributed by atoms with E-state index in [1.165, 1.54) is 0 Å². The number of nitrogens with two attached hydrogens (primary N) is 1. The Hall–Kier alpha value is 0.170. The van der Waals surface area contributed by atoms with Gasteiger partial charge < -0.3 is 15.9 Å². The van der Waals surface area contributed by atoms with Crippen molar-refractivity contribution in [2.45, 2.75) is 25.0 Å². The van der Waals surface area contributed by atoms with Gasteiger partial charge in [0.25, 0.3) is 0 Å². The van der Waals surface area contributed by atoms with Crippen LogP contribution in [-0.2, 0) is 0 Å². The summed E-state index contributed by atoms with van der Waals surface area (Å²) in [7, 11) is 0. The fraction of sp³-hybridized carbons (Fsp3) is 1.00. The van der Waals surface area contributed by atoms with E-state index in [2.05, 4.69) is 0 Å². The summed E-state index contributed by atoms with van der Waals surface area (Å²) in [5, 5.41) is 17.7. The minimum Gasteiger partial charge on any atom is -0.395 e. The van der Waals surface area contributed by atoms with Crippen LogP contribution >= 0.6 is 12.4 Å². The van der Waals surface area contributed by atoms with Gasteiger partial charge in [-0.05, 0) is 18.8 Å². The van der Waals surface area contributed by atoms with Crippen molar-refractivity contribution >= 4 is 12.4 Å². The summed E-state index contributed by atoms with van der Waals surface area (Å²) in [4.78, 5) is 0. The molecular formula is C6H14ClNO2. The predicted octanol–water partition coefficient (Wildman–Crippen LogP) is -0.501.